The fourth-order valence-electron chi connectivity index (χ4n) is 2.82. The Kier molecular flexibility index (Phi) is 7.05. The molecule has 11 heteroatoms. The predicted molar refractivity (Wildman–Crippen MR) is 128 cm³/mol. The Bertz CT molecular complexity index is 1270. The van der Waals surface area contributed by atoms with Crippen LogP contribution in [0.4, 0.5) is 5.82 Å². The van der Waals surface area contributed by atoms with Crippen LogP contribution in [0.3, 0.4) is 0 Å². The Hall–Kier alpha value is -2.52. The van der Waals surface area contributed by atoms with E-state index in [0.717, 1.165) is 10.0 Å². The number of anilines is 1. The van der Waals surface area contributed by atoms with Gasteiger partial charge in [-0.15, -0.1) is 0 Å². The maximum Gasteiger partial charge on any atom is 0.277 e. The number of nitrogens with zero attached hydrogens (tertiary/aromatic N) is 4. The molecule has 4 aromatic rings. The molecule has 0 unspecified atom stereocenters. The minimum atomic E-state index is -0.449. The predicted octanol–water partition coefficient (Wildman–Crippen LogP) is 6.14. The smallest absolute Gasteiger partial charge is 0.277 e. The van der Waals surface area contributed by atoms with Gasteiger partial charge in [-0.25, -0.2) is 4.68 Å². The number of hydrogen-bond acceptors (Lipinski definition) is 4. The van der Waals surface area contributed by atoms with E-state index in [0.29, 0.717) is 27.4 Å². The molecule has 0 aliphatic heterocycles. The van der Waals surface area contributed by atoms with E-state index in [1.54, 1.807) is 41.3 Å². The summed E-state index contributed by atoms with van der Waals surface area (Å²) in [6.45, 7) is 0.502. The molecule has 7 nitrogen and oxygen atoms in total. The minimum absolute atomic E-state index is 0.0852. The van der Waals surface area contributed by atoms with Gasteiger partial charge in [0, 0.05) is 21.9 Å². The van der Waals surface area contributed by atoms with Gasteiger partial charge in [-0.2, -0.15) is 10.2 Å². The summed E-state index contributed by atoms with van der Waals surface area (Å²) in [7, 11) is 0. The number of nitrogens with one attached hydrogen (secondary N) is 1. The highest BCUT2D eigenvalue weighted by molar-refractivity contribution is 9.10. The molecule has 0 spiro atoms. The van der Waals surface area contributed by atoms with Crippen LogP contribution in [0, 0.1) is 0 Å². The van der Waals surface area contributed by atoms with E-state index < -0.39 is 5.91 Å². The Balaban J connectivity index is 1.39. The lowest BCUT2D eigenvalue weighted by Gasteiger charge is -2.08. The SMILES string of the molecule is O=C(Nc1nn(Cc2ccccc2Cl)cc1Cl)c1ccn(COc2ccc(Br)cc2Cl)n1. The normalized spacial score (nSPS) is 10.9. The molecule has 0 saturated carbocycles. The van der Waals surface area contributed by atoms with Gasteiger partial charge < -0.3 is 10.1 Å². The molecule has 0 atom stereocenters. The van der Waals surface area contributed by atoms with Crippen molar-refractivity contribution in [1.82, 2.24) is 19.6 Å². The standard InChI is InChI=1S/C21H15BrCl3N5O2/c22-14-5-6-19(16(24)9-14)32-12-29-8-7-18(27-29)21(31)26-20-17(25)11-30(28-20)10-13-3-1-2-4-15(13)23/h1-9,11H,10,12H2,(H,26,28,31). The fourth-order valence-corrected chi connectivity index (χ4v) is 3.94. The fraction of sp³-hybridized carbons (Fsp3) is 0.0952. The Morgan fingerprint density at radius 1 is 1.00 bits per heavy atom. The first-order valence-electron chi connectivity index (χ1n) is 9.28. The molecule has 2 heterocycles. The van der Waals surface area contributed by atoms with Crippen molar-refractivity contribution in [3.05, 3.63) is 91.7 Å². The first kappa shape index (κ1) is 22.7. The lowest BCUT2D eigenvalue weighted by Crippen LogP contribution is -2.15. The summed E-state index contributed by atoms with van der Waals surface area (Å²) in [6, 6.07) is 14.3. The first-order valence-corrected chi connectivity index (χ1v) is 11.2. The number of halogens is 4. The molecule has 2 aromatic carbocycles. The number of ether oxygens (including phenoxy) is 1. The van der Waals surface area contributed by atoms with Crippen LogP contribution >= 0.6 is 50.7 Å². The second-order valence-electron chi connectivity index (χ2n) is 6.66. The molecule has 0 fully saturated rings. The number of benzene rings is 2. The second kappa shape index (κ2) is 9.95. The van der Waals surface area contributed by atoms with E-state index in [1.165, 1.54) is 4.68 Å². The molecule has 0 aliphatic carbocycles. The zero-order valence-electron chi connectivity index (χ0n) is 16.3. The Morgan fingerprint density at radius 3 is 2.59 bits per heavy atom. The zero-order valence-corrected chi connectivity index (χ0v) is 20.2. The van der Waals surface area contributed by atoms with E-state index in [2.05, 4.69) is 31.4 Å². The highest BCUT2D eigenvalue weighted by Crippen LogP contribution is 2.28. The largest absolute Gasteiger partial charge is 0.470 e. The minimum Gasteiger partial charge on any atom is -0.470 e. The Labute approximate surface area is 207 Å². The molecule has 32 heavy (non-hydrogen) atoms. The second-order valence-corrected chi connectivity index (χ2v) is 8.79. The molecule has 0 bridgehead atoms. The molecule has 164 valence electrons. The van der Waals surface area contributed by atoms with Crippen molar-refractivity contribution in [2.45, 2.75) is 13.3 Å². The van der Waals surface area contributed by atoms with Crippen molar-refractivity contribution in [2.75, 3.05) is 5.32 Å². The van der Waals surface area contributed by atoms with Gasteiger partial charge in [0.1, 0.15) is 10.8 Å². The van der Waals surface area contributed by atoms with Crippen molar-refractivity contribution < 1.29 is 9.53 Å². The third kappa shape index (κ3) is 5.45. The Morgan fingerprint density at radius 2 is 1.81 bits per heavy atom. The average Bonchev–Trinajstić information content (AvgIpc) is 3.36. The molecule has 0 saturated heterocycles. The number of amides is 1. The molecular formula is C21H15BrCl3N5O2. The quantitative estimate of drug-likeness (QED) is 0.297. The molecule has 0 radical (unpaired) electrons. The lowest BCUT2D eigenvalue weighted by molar-refractivity contribution is 0.101. The van der Waals surface area contributed by atoms with E-state index in [-0.39, 0.29) is 18.2 Å². The number of hydrogen-bond donors (Lipinski definition) is 1. The van der Waals surface area contributed by atoms with Gasteiger partial charge in [0.05, 0.1) is 11.6 Å². The third-order valence-corrected chi connectivity index (χ3v) is 5.79. The number of carbonyl (C=O) groups excluding carboxylic acids is 1. The van der Waals surface area contributed by atoms with Crippen molar-refractivity contribution >= 4 is 62.5 Å². The van der Waals surface area contributed by atoms with Crippen LogP contribution in [0.1, 0.15) is 16.1 Å². The molecule has 4 rings (SSSR count). The summed E-state index contributed by atoms with van der Waals surface area (Å²) < 4.78 is 9.58. The molecule has 1 amide bonds. The summed E-state index contributed by atoms with van der Waals surface area (Å²) >= 11 is 21.9. The molecule has 2 aromatic heterocycles. The average molecular weight is 556 g/mol. The van der Waals surface area contributed by atoms with Crippen LogP contribution in [0.25, 0.3) is 0 Å². The topological polar surface area (TPSA) is 74.0 Å². The van der Waals surface area contributed by atoms with Gasteiger partial charge in [-0.1, -0.05) is 68.9 Å². The summed E-state index contributed by atoms with van der Waals surface area (Å²) in [6.07, 6.45) is 3.24. The number of rotatable bonds is 7. The lowest BCUT2D eigenvalue weighted by atomic mass is 10.2. The first-order chi connectivity index (χ1) is 15.4. The van der Waals surface area contributed by atoms with Gasteiger partial charge in [0.15, 0.2) is 18.2 Å². The summed E-state index contributed by atoms with van der Waals surface area (Å²) in [5.41, 5.74) is 1.07. The van der Waals surface area contributed by atoms with E-state index in [4.69, 9.17) is 39.5 Å². The summed E-state index contributed by atoms with van der Waals surface area (Å²) in [5.74, 6) is 0.290. The van der Waals surface area contributed by atoms with E-state index >= 15 is 0 Å². The van der Waals surface area contributed by atoms with Crippen LogP contribution in [-0.4, -0.2) is 25.5 Å². The summed E-state index contributed by atoms with van der Waals surface area (Å²) in [4.78, 5) is 12.6. The highest BCUT2D eigenvalue weighted by atomic mass is 79.9. The van der Waals surface area contributed by atoms with Crippen molar-refractivity contribution in [2.24, 2.45) is 0 Å². The van der Waals surface area contributed by atoms with Crippen LogP contribution in [0.5, 0.6) is 5.75 Å². The van der Waals surface area contributed by atoms with Gasteiger partial charge in [-0.05, 0) is 35.9 Å². The van der Waals surface area contributed by atoms with Gasteiger partial charge in [0.2, 0.25) is 0 Å². The number of carbonyl (C=O) groups is 1. The zero-order chi connectivity index (χ0) is 22.7. The molecule has 1 N–H and O–H groups in total. The monoisotopic (exact) mass is 553 g/mol. The van der Waals surface area contributed by atoms with Gasteiger partial charge in [0.25, 0.3) is 5.91 Å². The van der Waals surface area contributed by atoms with Crippen LogP contribution in [-0.2, 0) is 13.3 Å². The van der Waals surface area contributed by atoms with Crippen LogP contribution in [0.15, 0.2) is 65.4 Å². The van der Waals surface area contributed by atoms with Crippen molar-refractivity contribution in [1.29, 1.82) is 0 Å². The van der Waals surface area contributed by atoms with E-state index in [9.17, 15) is 4.79 Å². The third-order valence-electron chi connectivity index (χ3n) is 4.36. The van der Waals surface area contributed by atoms with E-state index in [1.807, 2.05) is 24.3 Å². The highest BCUT2D eigenvalue weighted by Gasteiger charge is 2.15. The van der Waals surface area contributed by atoms with Crippen LogP contribution < -0.4 is 10.1 Å². The number of aromatic nitrogens is 4. The summed E-state index contributed by atoms with van der Waals surface area (Å²) in [5, 5.41) is 12.6. The molecule has 0 aliphatic rings. The van der Waals surface area contributed by atoms with Gasteiger partial charge >= 0.3 is 0 Å². The maximum absolute atomic E-state index is 12.6. The van der Waals surface area contributed by atoms with Crippen LogP contribution in [0.2, 0.25) is 15.1 Å². The van der Waals surface area contributed by atoms with Gasteiger partial charge in [-0.3, -0.25) is 9.48 Å². The van der Waals surface area contributed by atoms with Crippen molar-refractivity contribution in [3.63, 3.8) is 0 Å². The van der Waals surface area contributed by atoms with Crippen molar-refractivity contribution in [3.8, 4) is 5.75 Å². The maximum atomic E-state index is 12.6. The molecular weight excluding hydrogens is 541 g/mol.